The molecular weight excluding hydrogens is 312 g/mol. The average molecular weight is 338 g/mol. The number of hydrogen-bond acceptors (Lipinski definition) is 4. The number of fused-ring (bicyclic) bond motifs is 1. The number of aryl methyl sites for hydroxylation is 1. The second kappa shape index (κ2) is 7.64. The van der Waals surface area contributed by atoms with Crippen LogP contribution in [0.4, 0.5) is 5.95 Å². The number of nitrogens with one attached hydrogen (secondary N) is 1. The largest absolute Gasteiger partial charge is 0.352 e. The summed E-state index contributed by atoms with van der Waals surface area (Å²) >= 11 is 0. The van der Waals surface area contributed by atoms with Crippen LogP contribution in [-0.2, 0) is 17.6 Å². The summed E-state index contributed by atoms with van der Waals surface area (Å²) in [5, 5.41) is 3.24. The number of hydrogen-bond donors (Lipinski definition) is 1. The monoisotopic (exact) mass is 338 g/mol. The SMILES string of the molecule is CC[C@H](C(=O)N[C@H]1CCc2nc(N(C)C)ncc2C1)c1ccccc1. The van der Waals surface area contributed by atoms with Gasteiger partial charge in [-0.2, -0.15) is 0 Å². The molecule has 0 radical (unpaired) electrons. The Hall–Kier alpha value is -2.43. The van der Waals surface area contributed by atoms with Crippen LogP contribution in [0.25, 0.3) is 0 Å². The number of carbonyl (C=O) groups excluding carboxylic acids is 1. The van der Waals surface area contributed by atoms with Crippen molar-refractivity contribution in [1.29, 1.82) is 0 Å². The van der Waals surface area contributed by atoms with Crippen LogP contribution in [-0.4, -0.2) is 36.0 Å². The molecule has 0 fully saturated rings. The third-order valence-corrected chi connectivity index (χ3v) is 4.81. The first-order chi connectivity index (χ1) is 12.1. The fourth-order valence-electron chi connectivity index (χ4n) is 3.40. The molecule has 0 spiro atoms. The van der Waals surface area contributed by atoms with Crippen molar-refractivity contribution in [3.05, 3.63) is 53.3 Å². The second-order valence-corrected chi connectivity index (χ2v) is 6.86. The molecule has 2 aromatic rings. The first kappa shape index (κ1) is 17.4. The smallest absolute Gasteiger partial charge is 0.227 e. The van der Waals surface area contributed by atoms with Gasteiger partial charge in [0.2, 0.25) is 11.9 Å². The van der Waals surface area contributed by atoms with E-state index < -0.39 is 0 Å². The number of amides is 1. The molecule has 1 N–H and O–H groups in total. The Morgan fingerprint density at radius 3 is 2.76 bits per heavy atom. The number of benzene rings is 1. The second-order valence-electron chi connectivity index (χ2n) is 6.86. The number of aromatic nitrogens is 2. The summed E-state index contributed by atoms with van der Waals surface area (Å²) in [5.74, 6) is 0.777. The predicted octanol–water partition coefficient (Wildman–Crippen LogP) is 2.71. The highest BCUT2D eigenvalue weighted by Gasteiger charge is 2.25. The number of nitrogens with zero attached hydrogens (tertiary/aromatic N) is 3. The maximum absolute atomic E-state index is 12.7. The van der Waals surface area contributed by atoms with Gasteiger partial charge in [-0.3, -0.25) is 4.79 Å². The van der Waals surface area contributed by atoms with Crippen LogP contribution in [0.3, 0.4) is 0 Å². The molecule has 0 aliphatic heterocycles. The van der Waals surface area contributed by atoms with Gasteiger partial charge in [0, 0.05) is 32.0 Å². The molecular formula is C20H26N4O. The van der Waals surface area contributed by atoms with Crippen LogP contribution in [0.15, 0.2) is 36.5 Å². The molecule has 1 amide bonds. The van der Waals surface area contributed by atoms with E-state index in [-0.39, 0.29) is 17.9 Å². The van der Waals surface area contributed by atoms with Crippen LogP contribution in [0.5, 0.6) is 0 Å². The van der Waals surface area contributed by atoms with E-state index in [0.717, 1.165) is 48.5 Å². The topological polar surface area (TPSA) is 58.1 Å². The molecule has 0 unspecified atom stereocenters. The molecule has 1 aliphatic rings. The Balaban J connectivity index is 1.67. The summed E-state index contributed by atoms with van der Waals surface area (Å²) in [5.41, 5.74) is 3.34. The van der Waals surface area contributed by atoms with Gasteiger partial charge in [-0.25, -0.2) is 9.97 Å². The predicted molar refractivity (Wildman–Crippen MR) is 99.8 cm³/mol. The van der Waals surface area contributed by atoms with Gasteiger partial charge in [0.1, 0.15) is 0 Å². The molecule has 3 rings (SSSR count). The van der Waals surface area contributed by atoms with Crippen LogP contribution in [0, 0.1) is 0 Å². The quantitative estimate of drug-likeness (QED) is 0.911. The summed E-state index contributed by atoms with van der Waals surface area (Å²) in [6.45, 7) is 2.06. The molecule has 1 aromatic heterocycles. The van der Waals surface area contributed by atoms with Crippen molar-refractivity contribution in [3.8, 4) is 0 Å². The first-order valence-corrected chi connectivity index (χ1v) is 8.96. The lowest BCUT2D eigenvalue weighted by molar-refractivity contribution is -0.123. The number of anilines is 1. The Bertz CT molecular complexity index is 730. The van der Waals surface area contributed by atoms with Crippen molar-refractivity contribution < 1.29 is 4.79 Å². The molecule has 1 aliphatic carbocycles. The van der Waals surface area contributed by atoms with Crippen LogP contribution in [0.2, 0.25) is 0 Å². The van der Waals surface area contributed by atoms with E-state index in [1.54, 1.807) is 0 Å². The van der Waals surface area contributed by atoms with Gasteiger partial charge in [-0.05, 0) is 36.8 Å². The molecule has 25 heavy (non-hydrogen) atoms. The minimum absolute atomic E-state index is 0.0880. The van der Waals surface area contributed by atoms with Crippen molar-refractivity contribution in [2.75, 3.05) is 19.0 Å². The van der Waals surface area contributed by atoms with Gasteiger partial charge in [0.05, 0.1) is 5.92 Å². The molecule has 0 saturated heterocycles. The lowest BCUT2D eigenvalue weighted by Crippen LogP contribution is -2.41. The van der Waals surface area contributed by atoms with Crippen molar-refractivity contribution >= 4 is 11.9 Å². The minimum atomic E-state index is -0.0880. The van der Waals surface area contributed by atoms with E-state index in [9.17, 15) is 4.79 Å². The van der Waals surface area contributed by atoms with E-state index in [1.165, 1.54) is 0 Å². The molecule has 0 saturated carbocycles. The van der Waals surface area contributed by atoms with Gasteiger partial charge >= 0.3 is 0 Å². The minimum Gasteiger partial charge on any atom is -0.352 e. The van der Waals surface area contributed by atoms with E-state index in [2.05, 4.69) is 22.2 Å². The van der Waals surface area contributed by atoms with E-state index >= 15 is 0 Å². The molecule has 1 aromatic carbocycles. The summed E-state index contributed by atoms with van der Waals surface area (Å²) in [6, 6.07) is 10.2. The van der Waals surface area contributed by atoms with Crippen molar-refractivity contribution in [1.82, 2.24) is 15.3 Å². The fraction of sp³-hybridized carbons (Fsp3) is 0.450. The maximum atomic E-state index is 12.7. The zero-order valence-electron chi connectivity index (χ0n) is 15.2. The third-order valence-electron chi connectivity index (χ3n) is 4.81. The standard InChI is InChI=1S/C20H26N4O/c1-4-17(14-8-6-5-7-9-14)19(25)22-16-10-11-18-15(12-16)13-21-20(23-18)24(2)3/h5-9,13,16-17H,4,10-12H2,1-3H3,(H,22,25)/t16-,17-/m0/s1. The van der Waals surface area contributed by atoms with Crippen molar-refractivity contribution in [3.63, 3.8) is 0 Å². The average Bonchev–Trinajstić information content (AvgIpc) is 2.62. The number of carbonyl (C=O) groups is 1. The Morgan fingerprint density at radius 2 is 2.08 bits per heavy atom. The lowest BCUT2D eigenvalue weighted by Gasteiger charge is -2.27. The zero-order valence-corrected chi connectivity index (χ0v) is 15.2. The molecule has 5 heteroatoms. The summed E-state index contributed by atoms with van der Waals surface area (Å²) in [7, 11) is 3.89. The van der Waals surface area contributed by atoms with Gasteiger partial charge in [-0.15, -0.1) is 0 Å². The summed E-state index contributed by atoms with van der Waals surface area (Å²) < 4.78 is 0. The zero-order chi connectivity index (χ0) is 17.8. The maximum Gasteiger partial charge on any atom is 0.227 e. The lowest BCUT2D eigenvalue weighted by atomic mass is 9.91. The molecule has 0 bridgehead atoms. The van der Waals surface area contributed by atoms with Gasteiger partial charge in [0.25, 0.3) is 0 Å². The molecule has 5 nitrogen and oxygen atoms in total. The Labute approximate surface area is 149 Å². The van der Waals surface area contributed by atoms with Gasteiger partial charge in [0.15, 0.2) is 0 Å². The highest BCUT2D eigenvalue weighted by atomic mass is 16.1. The fourth-order valence-corrected chi connectivity index (χ4v) is 3.40. The summed E-state index contributed by atoms with van der Waals surface area (Å²) in [4.78, 5) is 23.7. The van der Waals surface area contributed by atoms with Crippen LogP contribution < -0.4 is 10.2 Å². The highest BCUT2D eigenvalue weighted by Crippen LogP contribution is 2.23. The summed E-state index contributed by atoms with van der Waals surface area (Å²) in [6.07, 6.45) is 5.32. The van der Waals surface area contributed by atoms with E-state index in [4.69, 9.17) is 0 Å². The van der Waals surface area contributed by atoms with Crippen molar-refractivity contribution in [2.45, 2.75) is 44.6 Å². The Kier molecular flexibility index (Phi) is 5.31. The Morgan fingerprint density at radius 1 is 1.32 bits per heavy atom. The van der Waals surface area contributed by atoms with Crippen molar-refractivity contribution in [2.24, 2.45) is 0 Å². The third kappa shape index (κ3) is 3.98. The highest BCUT2D eigenvalue weighted by molar-refractivity contribution is 5.83. The molecule has 1 heterocycles. The van der Waals surface area contributed by atoms with Gasteiger partial charge in [-0.1, -0.05) is 37.3 Å². The van der Waals surface area contributed by atoms with E-state index in [0.29, 0.717) is 0 Å². The normalized spacial score (nSPS) is 17.5. The van der Waals surface area contributed by atoms with Crippen LogP contribution in [0.1, 0.15) is 42.5 Å². The molecule has 132 valence electrons. The van der Waals surface area contributed by atoms with Crippen LogP contribution >= 0.6 is 0 Å². The molecule has 2 atom stereocenters. The van der Waals surface area contributed by atoms with Gasteiger partial charge < -0.3 is 10.2 Å². The van der Waals surface area contributed by atoms with E-state index in [1.807, 2.05) is 55.5 Å². The first-order valence-electron chi connectivity index (χ1n) is 8.96. The number of rotatable bonds is 5.